The zero-order valence-electron chi connectivity index (χ0n) is 8.96. The van der Waals surface area contributed by atoms with Crippen LogP contribution in [0.15, 0.2) is 12.5 Å². The fourth-order valence-electron chi connectivity index (χ4n) is 1.58. The van der Waals surface area contributed by atoms with E-state index in [9.17, 15) is 8.42 Å². The number of nitrogens with two attached hydrogens (primary N) is 1. The van der Waals surface area contributed by atoms with E-state index >= 15 is 0 Å². The number of rotatable bonds is 6. The molecule has 1 saturated carbocycles. The van der Waals surface area contributed by atoms with Crippen LogP contribution in [0.4, 0.5) is 0 Å². The summed E-state index contributed by atoms with van der Waals surface area (Å²) in [4.78, 5) is 4.09. The molecule has 7 heteroatoms. The molecule has 1 fully saturated rings. The molecule has 1 heterocycles. The molecule has 1 aliphatic rings. The molecular formula is C9H16N4O2S. The maximum absolute atomic E-state index is 10.7. The Bertz CT molecular complexity index is 450. The second-order valence-electron chi connectivity index (χ2n) is 4.07. The van der Waals surface area contributed by atoms with Gasteiger partial charge >= 0.3 is 0 Å². The van der Waals surface area contributed by atoms with Gasteiger partial charge in [-0.2, -0.15) is 0 Å². The number of nitrogens with zero attached hydrogens (tertiary/aromatic N) is 2. The maximum atomic E-state index is 10.7. The van der Waals surface area contributed by atoms with E-state index in [1.807, 2.05) is 12.5 Å². The van der Waals surface area contributed by atoms with Gasteiger partial charge in [0.05, 0.1) is 17.8 Å². The smallest absolute Gasteiger partial charge is 0.210 e. The number of primary sulfonamides is 1. The molecule has 0 unspecified atom stereocenters. The second kappa shape index (κ2) is 4.52. The summed E-state index contributed by atoms with van der Waals surface area (Å²) < 4.78 is 23.5. The molecule has 0 atom stereocenters. The van der Waals surface area contributed by atoms with Crippen molar-refractivity contribution in [3.05, 3.63) is 18.2 Å². The first-order valence-electron chi connectivity index (χ1n) is 5.28. The molecule has 0 amide bonds. The van der Waals surface area contributed by atoms with Crippen LogP contribution in [0.5, 0.6) is 0 Å². The van der Waals surface area contributed by atoms with Crippen LogP contribution < -0.4 is 10.5 Å². The number of hydrogen-bond donors (Lipinski definition) is 2. The first kappa shape index (κ1) is 11.6. The second-order valence-corrected chi connectivity index (χ2v) is 5.80. The van der Waals surface area contributed by atoms with E-state index in [-0.39, 0.29) is 5.75 Å². The van der Waals surface area contributed by atoms with Gasteiger partial charge in [-0.15, -0.1) is 0 Å². The Balaban J connectivity index is 1.79. The Morgan fingerprint density at radius 1 is 1.56 bits per heavy atom. The summed E-state index contributed by atoms with van der Waals surface area (Å²) in [5.41, 5.74) is 1.09. The summed E-state index contributed by atoms with van der Waals surface area (Å²) in [7, 11) is -3.36. The molecule has 0 aliphatic heterocycles. The van der Waals surface area contributed by atoms with Gasteiger partial charge in [-0.3, -0.25) is 0 Å². The SMILES string of the molecule is NS(=O)(=O)CCNCc1cncn1C1CC1. The summed E-state index contributed by atoms with van der Waals surface area (Å²) in [6.07, 6.45) is 6.05. The highest BCUT2D eigenvalue weighted by Gasteiger charge is 2.24. The first-order valence-corrected chi connectivity index (χ1v) is 7.00. The van der Waals surface area contributed by atoms with Crippen molar-refractivity contribution < 1.29 is 8.42 Å². The van der Waals surface area contributed by atoms with Gasteiger partial charge in [0.1, 0.15) is 0 Å². The van der Waals surface area contributed by atoms with Crippen molar-refractivity contribution in [2.24, 2.45) is 5.14 Å². The van der Waals surface area contributed by atoms with E-state index < -0.39 is 10.0 Å². The predicted octanol–water partition coefficient (Wildman–Crippen LogP) is -0.404. The van der Waals surface area contributed by atoms with Crippen LogP contribution in [0.3, 0.4) is 0 Å². The average Bonchev–Trinajstić information content (AvgIpc) is 2.92. The molecule has 2 rings (SSSR count). The molecule has 0 aromatic carbocycles. The normalized spacial score (nSPS) is 16.6. The number of imidazole rings is 1. The van der Waals surface area contributed by atoms with E-state index in [1.165, 1.54) is 12.8 Å². The van der Waals surface area contributed by atoms with E-state index in [1.54, 1.807) is 0 Å². The zero-order chi connectivity index (χ0) is 11.6. The molecular weight excluding hydrogens is 228 g/mol. The van der Waals surface area contributed by atoms with Crippen LogP contribution in [-0.2, 0) is 16.6 Å². The monoisotopic (exact) mass is 244 g/mol. The lowest BCUT2D eigenvalue weighted by Crippen LogP contribution is -2.27. The lowest BCUT2D eigenvalue weighted by Gasteiger charge is -2.07. The Labute approximate surface area is 94.9 Å². The zero-order valence-corrected chi connectivity index (χ0v) is 9.78. The minimum absolute atomic E-state index is 0.0371. The van der Waals surface area contributed by atoms with Gasteiger partial charge < -0.3 is 9.88 Å². The van der Waals surface area contributed by atoms with E-state index in [2.05, 4.69) is 14.9 Å². The first-order chi connectivity index (χ1) is 7.56. The third kappa shape index (κ3) is 3.29. The molecule has 0 saturated heterocycles. The average molecular weight is 244 g/mol. The highest BCUT2D eigenvalue weighted by Crippen LogP contribution is 2.35. The lowest BCUT2D eigenvalue weighted by atomic mass is 10.4. The van der Waals surface area contributed by atoms with Crippen molar-refractivity contribution in [2.45, 2.75) is 25.4 Å². The van der Waals surface area contributed by atoms with Crippen LogP contribution in [0.1, 0.15) is 24.6 Å². The minimum atomic E-state index is -3.36. The summed E-state index contributed by atoms with van der Waals surface area (Å²) >= 11 is 0. The molecule has 1 aromatic heterocycles. The fraction of sp³-hybridized carbons (Fsp3) is 0.667. The Morgan fingerprint density at radius 3 is 2.94 bits per heavy atom. The van der Waals surface area contributed by atoms with Crippen LogP contribution in [-0.4, -0.2) is 30.3 Å². The standard InChI is InChI=1S/C9H16N4O2S/c10-16(14,15)4-3-11-5-9-6-12-7-13(9)8-1-2-8/h6-8,11H,1-5H2,(H2,10,14,15). The number of sulfonamides is 1. The molecule has 0 bridgehead atoms. The van der Waals surface area contributed by atoms with Crippen molar-refractivity contribution in [1.29, 1.82) is 0 Å². The van der Waals surface area contributed by atoms with Crippen molar-refractivity contribution >= 4 is 10.0 Å². The minimum Gasteiger partial charge on any atom is -0.330 e. The van der Waals surface area contributed by atoms with Gasteiger partial charge in [-0.1, -0.05) is 0 Å². The van der Waals surface area contributed by atoms with Crippen molar-refractivity contribution in [3.8, 4) is 0 Å². The molecule has 6 nitrogen and oxygen atoms in total. The highest BCUT2D eigenvalue weighted by atomic mass is 32.2. The van der Waals surface area contributed by atoms with E-state index in [4.69, 9.17) is 5.14 Å². The van der Waals surface area contributed by atoms with Gasteiger partial charge in [-0.25, -0.2) is 18.5 Å². The topological polar surface area (TPSA) is 90.0 Å². The lowest BCUT2D eigenvalue weighted by molar-refractivity contribution is 0.588. The Morgan fingerprint density at radius 2 is 2.31 bits per heavy atom. The van der Waals surface area contributed by atoms with Crippen LogP contribution in [0.2, 0.25) is 0 Å². The van der Waals surface area contributed by atoms with Crippen LogP contribution in [0, 0.1) is 0 Å². The molecule has 1 aromatic rings. The molecule has 1 aliphatic carbocycles. The van der Waals surface area contributed by atoms with Crippen molar-refractivity contribution in [1.82, 2.24) is 14.9 Å². The van der Waals surface area contributed by atoms with Crippen LogP contribution >= 0.6 is 0 Å². The highest BCUT2D eigenvalue weighted by molar-refractivity contribution is 7.89. The molecule has 16 heavy (non-hydrogen) atoms. The quantitative estimate of drug-likeness (QED) is 0.666. The summed E-state index contributed by atoms with van der Waals surface area (Å²) in [5, 5.41) is 7.95. The molecule has 90 valence electrons. The van der Waals surface area contributed by atoms with Crippen molar-refractivity contribution in [2.75, 3.05) is 12.3 Å². The van der Waals surface area contributed by atoms with Gasteiger partial charge in [-0.05, 0) is 12.8 Å². The molecule has 0 radical (unpaired) electrons. The Hall–Kier alpha value is -0.920. The third-order valence-corrected chi connectivity index (χ3v) is 3.33. The molecule has 3 N–H and O–H groups in total. The van der Waals surface area contributed by atoms with Gasteiger partial charge in [0.25, 0.3) is 0 Å². The largest absolute Gasteiger partial charge is 0.330 e. The fourth-order valence-corrected chi connectivity index (χ4v) is 2.01. The molecule has 0 spiro atoms. The summed E-state index contributed by atoms with van der Waals surface area (Å²) in [6.45, 7) is 1.00. The van der Waals surface area contributed by atoms with E-state index in [0.717, 1.165) is 5.69 Å². The number of hydrogen-bond acceptors (Lipinski definition) is 4. The van der Waals surface area contributed by atoms with Gasteiger partial charge in [0.15, 0.2) is 0 Å². The number of aromatic nitrogens is 2. The third-order valence-electron chi connectivity index (χ3n) is 2.56. The predicted molar refractivity (Wildman–Crippen MR) is 60.2 cm³/mol. The summed E-state index contributed by atoms with van der Waals surface area (Å²) in [5.74, 6) is -0.0371. The summed E-state index contributed by atoms with van der Waals surface area (Å²) in [6, 6.07) is 0.595. The van der Waals surface area contributed by atoms with Crippen LogP contribution in [0.25, 0.3) is 0 Å². The van der Waals surface area contributed by atoms with Crippen molar-refractivity contribution in [3.63, 3.8) is 0 Å². The number of nitrogens with one attached hydrogen (secondary N) is 1. The van der Waals surface area contributed by atoms with Gasteiger partial charge in [0.2, 0.25) is 10.0 Å². The Kier molecular flexibility index (Phi) is 3.27. The van der Waals surface area contributed by atoms with Gasteiger partial charge in [0, 0.05) is 25.3 Å². The maximum Gasteiger partial charge on any atom is 0.210 e. The van der Waals surface area contributed by atoms with E-state index in [0.29, 0.717) is 19.1 Å².